The summed E-state index contributed by atoms with van der Waals surface area (Å²) in [5, 5.41) is 3.24. The van der Waals surface area contributed by atoms with Crippen molar-refractivity contribution in [2.24, 2.45) is 5.92 Å². The fraction of sp³-hybridized carbons (Fsp3) is 0.571. The van der Waals surface area contributed by atoms with Crippen LogP contribution < -0.4 is 4.90 Å². The Balaban J connectivity index is 1.61. The van der Waals surface area contributed by atoms with Gasteiger partial charge in [0, 0.05) is 26.1 Å². The van der Waals surface area contributed by atoms with Crippen LogP contribution in [0.4, 0.5) is 5.82 Å². The van der Waals surface area contributed by atoms with Crippen LogP contribution in [-0.4, -0.2) is 50.0 Å². The van der Waals surface area contributed by atoms with Gasteiger partial charge in [0.05, 0.1) is 25.2 Å². The van der Waals surface area contributed by atoms with Crippen molar-refractivity contribution in [3.8, 4) is 0 Å². The molecular weight excluding hydrogens is 274 g/mol. The number of nitrogens with zero attached hydrogens (tertiary/aromatic N) is 3. The highest BCUT2D eigenvalue weighted by atomic mass is 32.1. The van der Waals surface area contributed by atoms with Gasteiger partial charge in [0.2, 0.25) is 0 Å². The van der Waals surface area contributed by atoms with E-state index in [4.69, 9.17) is 9.47 Å². The molecule has 3 rings (SSSR count). The van der Waals surface area contributed by atoms with E-state index in [-0.39, 0.29) is 0 Å². The van der Waals surface area contributed by atoms with Gasteiger partial charge in [0.1, 0.15) is 17.0 Å². The van der Waals surface area contributed by atoms with Crippen LogP contribution in [0.25, 0.3) is 10.2 Å². The number of hydrogen-bond acceptors (Lipinski definition) is 6. The predicted octanol–water partition coefficient (Wildman–Crippen LogP) is 2.18. The highest BCUT2D eigenvalue weighted by molar-refractivity contribution is 7.16. The number of methoxy groups -OCH3 is 1. The first kappa shape index (κ1) is 13.7. The summed E-state index contributed by atoms with van der Waals surface area (Å²) < 4.78 is 10.6. The maximum atomic E-state index is 5.63. The van der Waals surface area contributed by atoms with E-state index in [2.05, 4.69) is 26.3 Å². The number of rotatable bonds is 6. The lowest BCUT2D eigenvalue weighted by Crippen LogP contribution is -2.22. The molecule has 0 N–H and O–H groups in total. The van der Waals surface area contributed by atoms with Gasteiger partial charge >= 0.3 is 0 Å². The fourth-order valence-corrected chi connectivity index (χ4v) is 3.31. The van der Waals surface area contributed by atoms with Crippen LogP contribution in [0.2, 0.25) is 0 Å². The van der Waals surface area contributed by atoms with Gasteiger partial charge in [-0.3, -0.25) is 0 Å². The summed E-state index contributed by atoms with van der Waals surface area (Å²) in [7, 11) is 1.70. The third-order valence-electron chi connectivity index (χ3n) is 3.61. The minimum absolute atomic E-state index is 0.579. The molecule has 1 unspecified atom stereocenters. The first-order valence-electron chi connectivity index (χ1n) is 6.88. The molecule has 0 spiro atoms. The Bertz CT molecular complexity index is 560. The molecule has 2 aromatic rings. The molecule has 1 atom stereocenters. The second-order valence-electron chi connectivity index (χ2n) is 5.01. The lowest BCUT2D eigenvalue weighted by atomic mass is 10.1. The number of anilines is 1. The molecule has 0 saturated carbocycles. The average molecular weight is 293 g/mol. The first-order valence-corrected chi connectivity index (χ1v) is 7.76. The van der Waals surface area contributed by atoms with E-state index >= 15 is 0 Å². The van der Waals surface area contributed by atoms with Crippen LogP contribution in [0.3, 0.4) is 0 Å². The van der Waals surface area contributed by atoms with E-state index in [0.29, 0.717) is 19.1 Å². The molecule has 6 heteroatoms. The molecule has 3 heterocycles. The Morgan fingerprint density at radius 2 is 2.35 bits per heavy atom. The zero-order valence-corrected chi connectivity index (χ0v) is 12.4. The molecule has 2 aromatic heterocycles. The summed E-state index contributed by atoms with van der Waals surface area (Å²) in [6.07, 6.45) is 2.82. The van der Waals surface area contributed by atoms with Gasteiger partial charge in [-0.1, -0.05) is 0 Å². The Kier molecular flexibility index (Phi) is 4.44. The van der Waals surface area contributed by atoms with Crippen molar-refractivity contribution in [1.29, 1.82) is 0 Å². The van der Waals surface area contributed by atoms with Crippen molar-refractivity contribution in [2.45, 2.75) is 6.42 Å². The van der Waals surface area contributed by atoms with Gasteiger partial charge in [-0.05, 0) is 17.9 Å². The van der Waals surface area contributed by atoms with E-state index in [0.717, 1.165) is 36.8 Å². The summed E-state index contributed by atoms with van der Waals surface area (Å²) in [5.74, 6) is 1.64. The van der Waals surface area contributed by atoms with E-state index in [9.17, 15) is 0 Å². The quantitative estimate of drug-likeness (QED) is 0.764. The Labute approximate surface area is 122 Å². The summed E-state index contributed by atoms with van der Waals surface area (Å²) in [5.41, 5.74) is 0. The SMILES string of the molecule is COCCOCC1CCN(c2ncnc3sccc23)C1. The normalized spacial score (nSPS) is 19.1. The molecule has 0 amide bonds. The van der Waals surface area contributed by atoms with Crippen molar-refractivity contribution < 1.29 is 9.47 Å². The molecule has 0 bridgehead atoms. The van der Waals surface area contributed by atoms with Crippen molar-refractivity contribution in [3.63, 3.8) is 0 Å². The maximum absolute atomic E-state index is 5.63. The highest BCUT2D eigenvalue weighted by Crippen LogP contribution is 2.30. The van der Waals surface area contributed by atoms with E-state index in [1.54, 1.807) is 24.8 Å². The van der Waals surface area contributed by atoms with Crippen LogP contribution in [0.5, 0.6) is 0 Å². The second kappa shape index (κ2) is 6.47. The predicted molar refractivity (Wildman–Crippen MR) is 80.4 cm³/mol. The Morgan fingerprint density at radius 1 is 1.40 bits per heavy atom. The van der Waals surface area contributed by atoms with E-state index < -0.39 is 0 Å². The zero-order chi connectivity index (χ0) is 13.8. The molecule has 20 heavy (non-hydrogen) atoms. The van der Waals surface area contributed by atoms with Crippen LogP contribution in [0.15, 0.2) is 17.8 Å². The summed E-state index contributed by atoms with van der Waals surface area (Å²) in [6.45, 7) is 4.19. The van der Waals surface area contributed by atoms with Crippen LogP contribution in [-0.2, 0) is 9.47 Å². The van der Waals surface area contributed by atoms with Gasteiger partial charge in [-0.2, -0.15) is 0 Å². The van der Waals surface area contributed by atoms with Crippen molar-refractivity contribution in [2.75, 3.05) is 44.9 Å². The molecule has 0 radical (unpaired) electrons. The van der Waals surface area contributed by atoms with Gasteiger partial charge in [0.15, 0.2) is 0 Å². The van der Waals surface area contributed by atoms with Gasteiger partial charge in [-0.15, -0.1) is 11.3 Å². The molecule has 0 aliphatic carbocycles. The fourth-order valence-electron chi connectivity index (χ4n) is 2.58. The Morgan fingerprint density at radius 3 is 3.25 bits per heavy atom. The van der Waals surface area contributed by atoms with Gasteiger partial charge < -0.3 is 14.4 Å². The van der Waals surface area contributed by atoms with Crippen LogP contribution >= 0.6 is 11.3 Å². The molecule has 1 saturated heterocycles. The Hall–Kier alpha value is -1.24. The zero-order valence-electron chi connectivity index (χ0n) is 11.6. The number of hydrogen-bond donors (Lipinski definition) is 0. The average Bonchev–Trinajstić information content (AvgIpc) is 3.12. The minimum Gasteiger partial charge on any atom is -0.382 e. The smallest absolute Gasteiger partial charge is 0.140 e. The minimum atomic E-state index is 0.579. The lowest BCUT2D eigenvalue weighted by Gasteiger charge is -2.18. The molecule has 1 aliphatic rings. The molecule has 0 aromatic carbocycles. The van der Waals surface area contributed by atoms with Gasteiger partial charge in [-0.25, -0.2) is 9.97 Å². The van der Waals surface area contributed by atoms with Gasteiger partial charge in [0.25, 0.3) is 0 Å². The molecule has 108 valence electrons. The molecule has 1 aliphatic heterocycles. The number of aromatic nitrogens is 2. The van der Waals surface area contributed by atoms with Crippen LogP contribution in [0.1, 0.15) is 6.42 Å². The van der Waals surface area contributed by atoms with Crippen molar-refractivity contribution in [3.05, 3.63) is 17.8 Å². The van der Waals surface area contributed by atoms with Crippen LogP contribution in [0, 0.1) is 5.92 Å². The highest BCUT2D eigenvalue weighted by Gasteiger charge is 2.25. The lowest BCUT2D eigenvalue weighted by molar-refractivity contribution is 0.0549. The number of thiophene rings is 1. The van der Waals surface area contributed by atoms with E-state index in [1.807, 2.05) is 0 Å². The third-order valence-corrected chi connectivity index (χ3v) is 4.43. The third kappa shape index (κ3) is 2.92. The summed E-state index contributed by atoms with van der Waals surface area (Å²) in [6, 6.07) is 2.11. The van der Waals surface area contributed by atoms with Crippen molar-refractivity contribution >= 4 is 27.4 Å². The monoisotopic (exact) mass is 293 g/mol. The number of fused-ring (bicyclic) bond motifs is 1. The standard InChI is InChI=1S/C14H19N3O2S/c1-18-5-6-19-9-11-2-4-17(8-11)13-12-3-7-20-14(12)16-10-15-13/h3,7,10-11H,2,4-6,8-9H2,1H3. The molecule has 1 fully saturated rings. The summed E-state index contributed by atoms with van der Waals surface area (Å²) >= 11 is 1.66. The second-order valence-corrected chi connectivity index (χ2v) is 5.90. The maximum Gasteiger partial charge on any atom is 0.140 e. The van der Waals surface area contributed by atoms with Crippen molar-refractivity contribution in [1.82, 2.24) is 9.97 Å². The first-order chi connectivity index (χ1) is 9.88. The summed E-state index contributed by atoms with van der Waals surface area (Å²) in [4.78, 5) is 12.2. The topological polar surface area (TPSA) is 47.5 Å². The number of ether oxygens (including phenoxy) is 2. The van der Waals surface area contributed by atoms with E-state index in [1.165, 1.54) is 5.39 Å². The largest absolute Gasteiger partial charge is 0.382 e. The molecule has 5 nitrogen and oxygen atoms in total. The molecular formula is C14H19N3O2S.